The highest BCUT2D eigenvalue weighted by Gasteiger charge is 2.26. The molecule has 8 heteroatoms. The maximum Gasteiger partial charge on any atom is 0.303 e. The van der Waals surface area contributed by atoms with E-state index in [1.807, 2.05) is 0 Å². The Balaban J connectivity index is 2.80. The Hall–Kier alpha value is 0.0300. The number of alkyl halides is 3. The lowest BCUT2D eigenvalue weighted by Gasteiger charge is -2.15. The number of halogens is 4. The number of carbonyl (C=O) groups excluding carboxylic acids is 2. The number of carbonyl (C=O) groups is 2. The minimum Gasteiger partial charge on any atom is -0.456 e. The Labute approximate surface area is 145 Å². The van der Waals surface area contributed by atoms with Gasteiger partial charge in [-0.3, -0.25) is 9.59 Å². The van der Waals surface area contributed by atoms with Crippen molar-refractivity contribution in [3.63, 3.8) is 0 Å². The molecule has 4 nitrogen and oxygen atoms in total. The van der Waals surface area contributed by atoms with Gasteiger partial charge in [0.05, 0.1) is 0 Å². The standard InChI is InChI=1S/C11H9BrFI2NO3/c1-6(17)19-5-10(18)16-7-2-3-9(12)8(4-7)11(13,14)15/h2-4H,5H2,1H3,(H,16,18). The molecule has 0 spiro atoms. The summed E-state index contributed by atoms with van der Waals surface area (Å²) in [6.45, 7) is 0.852. The summed E-state index contributed by atoms with van der Waals surface area (Å²) >= 11 is 6.55. The van der Waals surface area contributed by atoms with Crippen molar-refractivity contribution in [2.24, 2.45) is 0 Å². The molecule has 0 atom stereocenters. The van der Waals surface area contributed by atoms with E-state index in [0.29, 0.717) is 15.7 Å². The molecular formula is C11H9BrFI2NO3. The lowest BCUT2D eigenvalue weighted by molar-refractivity contribution is -0.144. The highest BCUT2D eigenvalue weighted by molar-refractivity contribution is 14.2. The van der Waals surface area contributed by atoms with Gasteiger partial charge in [0, 0.05) is 22.6 Å². The van der Waals surface area contributed by atoms with Gasteiger partial charge in [0.25, 0.3) is 5.91 Å². The molecular weight excluding hydrogens is 547 g/mol. The molecule has 19 heavy (non-hydrogen) atoms. The van der Waals surface area contributed by atoms with Gasteiger partial charge in [-0.2, -0.15) is 0 Å². The Kier molecular flexibility index (Phi) is 6.43. The van der Waals surface area contributed by atoms with E-state index in [4.69, 9.17) is 0 Å². The molecule has 0 unspecified atom stereocenters. The number of esters is 1. The van der Waals surface area contributed by atoms with Crippen molar-refractivity contribution >= 4 is 78.7 Å². The Morgan fingerprint density at radius 1 is 1.47 bits per heavy atom. The van der Waals surface area contributed by atoms with Gasteiger partial charge in [-0.05, 0) is 63.4 Å². The van der Waals surface area contributed by atoms with E-state index in [9.17, 15) is 14.0 Å². The van der Waals surface area contributed by atoms with E-state index < -0.39 is 13.6 Å². The van der Waals surface area contributed by atoms with Gasteiger partial charge >= 0.3 is 5.97 Å². The van der Waals surface area contributed by atoms with Crippen molar-refractivity contribution in [3.8, 4) is 0 Å². The first-order valence-electron chi connectivity index (χ1n) is 5.00. The summed E-state index contributed by atoms with van der Waals surface area (Å²) in [4.78, 5) is 22.0. The van der Waals surface area contributed by atoms with Gasteiger partial charge in [0.1, 0.15) is 0 Å². The molecule has 0 saturated heterocycles. The molecule has 1 amide bonds. The summed E-state index contributed by atoms with van der Waals surface area (Å²) in [7, 11) is 0. The maximum absolute atomic E-state index is 13.9. The molecule has 0 aliphatic heterocycles. The second-order valence-corrected chi connectivity index (χ2v) is 9.41. The van der Waals surface area contributed by atoms with E-state index in [0.717, 1.165) is 0 Å². The second kappa shape index (κ2) is 7.16. The number of ether oxygens (including phenoxy) is 1. The monoisotopic (exact) mass is 555 g/mol. The zero-order chi connectivity index (χ0) is 14.6. The molecule has 0 heterocycles. The van der Waals surface area contributed by atoms with E-state index in [1.165, 1.54) is 13.0 Å². The third-order valence-corrected chi connectivity index (χ3v) is 3.82. The molecule has 0 fully saturated rings. The van der Waals surface area contributed by atoms with Crippen LogP contribution >= 0.6 is 61.1 Å². The van der Waals surface area contributed by atoms with Crippen LogP contribution in [0, 0.1) is 0 Å². The van der Waals surface area contributed by atoms with Crippen molar-refractivity contribution in [3.05, 3.63) is 28.2 Å². The largest absolute Gasteiger partial charge is 0.456 e. The third-order valence-electron chi connectivity index (χ3n) is 1.96. The second-order valence-electron chi connectivity index (χ2n) is 3.52. The fourth-order valence-electron chi connectivity index (χ4n) is 1.18. The number of amides is 1. The molecule has 0 aliphatic carbocycles. The van der Waals surface area contributed by atoms with Gasteiger partial charge in [-0.25, -0.2) is 4.39 Å². The van der Waals surface area contributed by atoms with Gasteiger partial charge in [0.15, 0.2) is 6.61 Å². The fraction of sp³-hybridized carbons (Fsp3) is 0.273. The smallest absolute Gasteiger partial charge is 0.303 e. The van der Waals surface area contributed by atoms with E-state index in [1.54, 1.807) is 57.3 Å². The van der Waals surface area contributed by atoms with Gasteiger partial charge in [0.2, 0.25) is 1.68 Å². The first-order chi connectivity index (χ1) is 8.70. The summed E-state index contributed by atoms with van der Waals surface area (Å²) in [5.74, 6) is -1.01. The quantitative estimate of drug-likeness (QED) is 0.348. The van der Waals surface area contributed by atoms with Crippen molar-refractivity contribution < 1.29 is 18.7 Å². The SMILES string of the molecule is CC(=O)OCC(=O)Nc1ccc(Br)c(C(F)(I)I)c1. The number of anilines is 1. The summed E-state index contributed by atoms with van der Waals surface area (Å²) < 4.78 is 17.5. The van der Waals surface area contributed by atoms with Crippen LogP contribution in [0.4, 0.5) is 10.1 Å². The van der Waals surface area contributed by atoms with Crippen LogP contribution in [0.1, 0.15) is 12.5 Å². The predicted octanol–water partition coefficient (Wildman–Crippen LogP) is 3.90. The molecule has 0 aromatic heterocycles. The zero-order valence-corrected chi connectivity index (χ0v) is 15.6. The van der Waals surface area contributed by atoms with Gasteiger partial charge in [-0.1, -0.05) is 15.9 Å². The average Bonchev–Trinajstić information content (AvgIpc) is 2.27. The average molecular weight is 556 g/mol. The highest BCUT2D eigenvalue weighted by Crippen LogP contribution is 2.44. The minimum absolute atomic E-state index is 0.365. The predicted molar refractivity (Wildman–Crippen MR) is 90.2 cm³/mol. The Morgan fingerprint density at radius 2 is 2.11 bits per heavy atom. The first-order valence-corrected chi connectivity index (χ1v) is 7.95. The molecule has 1 rings (SSSR count). The topological polar surface area (TPSA) is 55.4 Å². The van der Waals surface area contributed by atoms with Crippen molar-refractivity contribution in [1.29, 1.82) is 0 Å². The molecule has 0 saturated carbocycles. The van der Waals surface area contributed by atoms with Crippen LogP contribution in [0.25, 0.3) is 0 Å². The Bertz CT molecular complexity index is 505. The van der Waals surface area contributed by atoms with Crippen LogP contribution in [0.3, 0.4) is 0 Å². The van der Waals surface area contributed by atoms with Crippen LogP contribution in [0.5, 0.6) is 0 Å². The summed E-state index contributed by atoms with van der Waals surface area (Å²) in [5.41, 5.74) is 0.838. The van der Waals surface area contributed by atoms with E-state index >= 15 is 0 Å². The van der Waals surface area contributed by atoms with Crippen LogP contribution in [0.15, 0.2) is 22.7 Å². The molecule has 0 aliphatic rings. The summed E-state index contributed by atoms with van der Waals surface area (Å²) in [6, 6.07) is 4.79. The summed E-state index contributed by atoms with van der Waals surface area (Å²) in [6.07, 6.45) is 0. The molecule has 0 radical (unpaired) electrons. The Morgan fingerprint density at radius 3 is 2.63 bits per heavy atom. The minimum atomic E-state index is -1.59. The number of hydrogen-bond donors (Lipinski definition) is 1. The lowest BCUT2D eigenvalue weighted by Crippen LogP contribution is -2.20. The van der Waals surface area contributed by atoms with Gasteiger partial charge in [-0.15, -0.1) is 0 Å². The number of rotatable bonds is 4. The summed E-state index contributed by atoms with van der Waals surface area (Å²) in [5, 5.41) is 2.53. The van der Waals surface area contributed by atoms with Gasteiger partial charge < -0.3 is 10.1 Å². The van der Waals surface area contributed by atoms with Crippen molar-refractivity contribution in [2.75, 3.05) is 11.9 Å². The molecule has 0 bridgehead atoms. The first kappa shape index (κ1) is 17.1. The third kappa shape index (κ3) is 5.90. The van der Waals surface area contributed by atoms with E-state index in [-0.39, 0.29) is 6.61 Å². The fourth-order valence-corrected chi connectivity index (χ4v) is 3.34. The van der Waals surface area contributed by atoms with E-state index in [2.05, 4.69) is 26.0 Å². The molecule has 1 aromatic rings. The molecule has 104 valence electrons. The van der Waals surface area contributed by atoms with Crippen LogP contribution in [-0.4, -0.2) is 18.5 Å². The van der Waals surface area contributed by atoms with Crippen LogP contribution < -0.4 is 5.32 Å². The van der Waals surface area contributed by atoms with Crippen LogP contribution in [-0.2, 0) is 16.0 Å². The van der Waals surface area contributed by atoms with Crippen molar-refractivity contribution in [1.82, 2.24) is 0 Å². The molecule has 1 aromatic carbocycles. The van der Waals surface area contributed by atoms with Crippen molar-refractivity contribution in [2.45, 2.75) is 8.61 Å². The number of benzene rings is 1. The van der Waals surface area contributed by atoms with Crippen LogP contribution in [0.2, 0.25) is 0 Å². The number of hydrogen-bond acceptors (Lipinski definition) is 3. The normalized spacial score (nSPS) is 11.0. The molecule has 1 N–H and O–H groups in total. The number of nitrogens with one attached hydrogen (secondary N) is 1. The lowest BCUT2D eigenvalue weighted by atomic mass is 10.2. The highest BCUT2D eigenvalue weighted by atomic mass is 127. The maximum atomic E-state index is 13.9. The zero-order valence-electron chi connectivity index (χ0n) is 9.68.